The van der Waals surface area contributed by atoms with Gasteiger partial charge >= 0.3 is 6.03 Å². The van der Waals surface area contributed by atoms with E-state index in [9.17, 15) is 4.79 Å². The first kappa shape index (κ1) is 19.6. The largest absolute Gasteiger partial charge is 0.378 e. The normalized spacial score (nSPS) is 17.9. The molecule has 29 heavy (non-hydrogen) atoms. The zero-order valence-corrected chi connectivity index (χ0v) is 16.7. The minimum absolute atomic E-state index is 0.00894. The zero-order chi connectivity index (χ0) is 19.9. The minimum Gasteiger partial charge on any atom is -0.378 e. The van der Waals surface area contributed by atoms with E-state index < -0.39 is 0 Å². The number of carbonyl (C=O) groups excluding carboxylic acids is 1. The van der Waals surface area contributed by atoms with Gasteiger partial charge in [-0.25, -0.2) is 9.78 Å². The predicted octanol–water partition coefficient (Wildman–Crippen LogP) is 1.34. The summed E-state index contributed by atoms with van der Waals surface area (Å²) in [7, 11) is 0. The van der Waals surface area contributed by atoms with Crippen LogP contribution in [0.3, 0.4) is 0 Å². The Morgan fingerprint density at radius 1 is 1.00 bits per heavy atom. The molecule has 0 radical (unpaired) electrons. The number of hydrogen-bond acceptors (Lipinski definition) is 6. The highest BCUT2D eigenvalue weighted by Gasteiger charge is 2.22. The number of rotatable bonds is 5. The van der Waals surface area contributed by atoms with Gasteiger partial charge in [-0.3, -0.25) is 9.88 Å². The molecule has 2 aromatic heterocycles. The highest BCUT2D eigenvalue weighted by molar-refractivity contribution is 5.74. The van der Waals surface area contributed by atoms with Crippen LogP contribution in [0.5, 0.6) is 0 Å². The number of nitrogens with one attached hydrogen (secondary N) is 1. The second-order valence-electron chi connectivity index (χ2n) is 7.36. The second-order valence-corrected chi connectivity index (χ2v) is 7.36. The maximum absolute atomic E-state index is 12.7. The van der Waals surface area contributed by atoms with Crippen molar-refractivity contribution in [3.63, 3.8) is 0 Å². The Bertz CT molecular complexity index is 789. The molecule has 0 saturated carbocycles. The van der Waals surface area contributed by atoms with Crippen molar-refractivity contribution in [1.82, 2.24) is 25.1 Å². The summed E-state index contributed by atoms with van der Waals surface area (Å²) in [4.78, 5) is 27.8. The van der Waals surface area contributed by atoms with Crippen LogP contribution in [0.4, 0.5) is 10.6 Å². The summed E-state index contributed by atoms with van der Waals surface area (Å²) in [5.74, 6) is 0.943. The van der Waals surface area contributed by atoms with Crippen LogP contribution in [0.25, 0.3) is 0 Å². The number of hydrogen-bond donors (Lipinski definition) is 1. The standard InChI is InChI=1S/C21H28N6O2/c28-21(27-10-8-25(9-11-27)17-18-3-6-22-7-4-18)24-16-19-2-1-5-23-20(19)26-12-14-29-15-13-26/h1-7H,8-17H2,(H,24,28). The SMILES string of the molecule is O=C(NCc1cccnc1N1CCOCC1)N1CCN(Cc2ccncc2)CC1. The first-order valence-corrected chi connectivity index (χ1v) is 10.2. The van der Waals surface area contributed by atoms with Crippen molar-refractivity contribution in [3.05, 3.63) is 54.0 Å². The first-order chi connectivity index (χ1) is 14.3. The summed E-state index contributed by atoms with van der Waals surface area (Å²) in [6, 6.07) is 8.02. The van der Waals surface area contributed by atoms with Crippen LogP contribution in [-0.4, -0.2) is 78.3 Å². The summed E-state index contributed by atoms with van der Waals surface area (Å²) in [6.07, 6.45) is 5.45. The number of aromatic nitrogens is 2. The highest BCUT2D eigenvalue weighted by Crippen LogP contribution is 2.18. The Morgan fingerprint density at radius 2 is 1.76 bits per heavy atom. The van der Waals surface area contributed by atoms with Crippen LogP contribution in [0.2, 0.25) is 0 Å². The quantitative estimate of drug-likeness (QED) is 0.822. The van der Waals surface area contributed by atoms with Gasteiger partial charge in [0.2, 0.25) is 0 Å². The molecule has 1 N–H and O–H groups in total. The van der Waals surface area contributed by atoms with E-state index in [2.05, 4.69) is 25.1 Å². The van der Waals surface area contributed by atoms with Crippen molar-refractivity contribution in [1.29, 1.82) is 0 Å². The van der Waals surface area contributed by atoms with E-state index in [4.69, 9.17) is 4.74 Å². The van der Waals surface area contributed by atoms with Crippen molar-refractivity contribution < 1.29 is 9.53 Å². The Labute approximate surface area is 171 Å². The van der Waals surface area contributed by atoms with Gasteiger partial charge in [-0.05, 0) is 23.8 Å². The average Bonchev–Trinajstić information content (AvgIpc) is 2.79. The van der Waals surface area contributed by atoms with Gasteiger partial charge in [0.05, 0.1) is 13.2 Å². The van der Waals surface area contributed by atoms with Crippen LogP contribution in [0, 0.1) is 0 Å². The van der Waals surface area contributed by atoms with Crippen molar-refractivity contribution >= 4 is 11.8 Å². The number of urea groups is 1. The molecule has 154 valence electrons. The fraction of sp³-hybridized carbons (Fsp3) is 0.476. The van der Waals surface area contributed by atoms with Crippen molar-refractivity contribution in [2.45, 2.75) is 13.1 Å². The molecule has 4 heterocycles. The highest BCUT2D eigenvalue weighted by atomic mass is 16.5. The van der Waals surface area contributed by atoms with Crippen LogP contribution < -0.4 is 10.2 Å². The fourth-order valence-corrected chi connectivity index (χ4v) is 3.77. The molecule has 0 bridgehead atoms. The molecule has 2 aliphatic heterocycles. The number of morpholine rings is 1. The number of pyridine rings is 2. The third-order valence-electron chi connectivity index (χ3n) is 5.42. The Morgan fingerprint density at radius 3 is 2.52 bits per heavy atom. The molecule has 0 unspecified atom stereocenters. The maximum Gasteiger partial charge on any atom is 0.317 e. The summed E-state index contributed by atoms with van der Waals surface area (Å²) in [6.45, 7) is 7.70. The third kappa shape index (κ3) is 5.21. The minimum atomic E-state index is -0.00894. The first-order valence-electron chi connectivity index (χ1n) is 10.2. The molecule has 0 aliphatic carbocycles. The van der Waals surface area contributed by atoms with Gasteiger partial charge < -0.3 is 19.9 Å². The smallest absolute Gasteiger partial charge is 0.317 e. The number of nitrogens with zero attached hydrogens (tertiary/aromatic N) is 5. The Hall–Kier alpha value is -2.71. The lowest BCUT2D eigenvalue weighted by Crippen LogP contribution is -2.51. The number of amides is 2. The van der Waals surface area contributed by atoms with Gasteiger partial charge in [-0.2, -0.15) is 0 Å². The van der Waals surface area contributed by atoms with Crippen molar-refractivity contribution in [2.24, 2.45) is 0 Å². The lowest BCUT2D eigenvalue weighted by molar-refractivity contribution is 0.122. The van der Waals surface area contributed by atoms with Crippen molar-refractivity contribution in [2.75, 3.05) is 57.4 Å². The summed E-state index contributed by atoms with van der Waals surface area (Å²) in [5.41, 5.74) is 2.30. The van der Waals surface area contributed by atoms with E-state index in [1.54, 1.807) is 6.20 Å². The Kier molecular flexibility index (Phi) is 6.53. The molecule has 0 atom stereocenters. The lowest BCUT2D eigenvalue weighted by Gasteiger charge is -2.35. The number of carbonyl (C=O) groups is 1. The topological polar surface area (TPSA) is 73.8 Å². The van der Waals surface area contributed by atoms with Gasteiger partial charge in [-0.1, -0.05) is 6.07 Å². The van der Waals surface area contributed by atoms with Gasteiger partial charge in [0.25, 0.3) is 0 Å². The van der Waals surface area contributed by atoms with E-state index in [1.165, 1.54) is 5.56 Å². The molecule has 2 fully saturated rings. The molecule has 4 rings (SSSR count). The zero-order valence-electron chi connectivity index (χ0n) is 16.7. The fourth-order valence-electron chi connectivity index (χ4n) is 3.77. The molecule has 2 aromatic rings. The average molecular weight is 396 g/mol. The number of piperazine rings is 1. The molecule has 2 amide bonds. The van der Waals surface area contributed by atoms with E-state index >= 15 is 0 Å². The van der Waals surface area contributed by atoms with Crippen molar-refractivity contribution in [3.8, 4) is 0 Å². The molecular weight excluding hydrogens is 368 g/mol. The van der Waals surface area contributed by atoms with E-state index in [-0.39, 0.29) is 6.03 Å². The summed E-state index contributed by atoms with van der Waals surface area (Å²) >= 11 is 0. The third-order valence-corrected chi connectivity index (χ3v) is 5.42. The van der Waals surface area contributed by atoms with Gasteiger partial charge in [0, 0.05) is 76.5 Å². The van der Waals surface area contributed by atoms with Gasteiger partial charge in [0.15, 0.2) is 0 Å². The predicted molar refractivity (Wildman–Crippen MR) is 111 cm³/mol. The van der Waals surface area contributed by atoms with Crippen LogP contribution >= 0.6 is 0 Å². The van der Waals surface area contributed by atoms with E-state index in [0.29, 0.717) is 19.8 Å². The molecule has 8 nitrogen and oxygen atoms in total. The second kappa shape index (κ2) is 9.67. The molecule has 0 aromatic carbocycles. The molecular formula is C21H28N6O2. The van der Waals surface area contributed by atoms with E-state index in [1.807, 2.05) is 41.6 Å². The maximum atomic E-state index is 12.7. The Balaban J connectivity index is 1.26. The monoisotopic (exact) mass is 396 g/mol. The van der Waals surface area contributed by atoms with Gasteiger partial charge in [-0.15, -0.1) is 0 Å². The summed E-state index contributed by atoms with van der Waals surface area (Å²) in [5, 5.41) is 3.07. The molecule has 8 heteroatoms. The van der Waals surface area contributed by atoms with Gasteiger partial charge in [0.1, 0.15) is 5.82 Å². The lowest BCUT2D eigenvalue weighted by atomic mass is 10.2. The molecule has 2 saturated heterocycles. The molecule has 2 aliphatic rings. The van der Waals surface area contributed by atoms with Crippen LogP contribution in [-0.2, 0) is 17.8 Å². The summed E-state index contributed by atoms with van der Waals surface area (Å²) < 4.78 is 5.43. The van der Waals surface area contributed by atoms with Crippen LogP contribution in [0.1, 0.15) is 11.1 Å². The number of anilines is 1. The van der Waals surface area contributed by atoms with Crippen LogP contribution in [0.15, 0.2) is 42.9 Å². The van der Waals surface area contributed by atoms with E-state index in [0.717, 1.165) is 57.2 Å². The molecule has 0 spiro atoms. The number of ether oxygens (including phenoxy) is 1.